The van der Waals surface area contributed by atoms with Crippen molar-refractivity contribution in [3.05, 3.63) is 18.0 Å². The molecule has 0 unspecified atom stereocenters. The first kappa shape index (κ1) is 5.77. The van der Waals surface area contributed by atoms with Gasteiger partial charge in [-0.25, -0.2) is 0 Å². The van der Waals surface area contributed by atoms with Crippen molar-refractivity contribution in [3.8, 4) is 0 Å². The van der Waals surface area contributed by atoms with Gasteiger partial charge in [0.05, 0.1) is 5.69 Å². The molecule has 2 heterocycles. The zero-order valence-corrected chi connectivity index (χ0v) is 5.59. The predicted molar refractivity (Wildman–Crippen MR) is 41.8 cm³/mol. The van der Waals surface area contributed by atoms with Crippen molar-refractivity contribution in [1.29, 1.82) is 0 Å². The summed E-state index contributed by atoms with van der Waals surface area (Å²) in [6.07, 6.45) is 2.75. The molecule has 0 atom stereocenters. The molecule has 0 amide bonds. The van der Waals surface area contributed by atoms with Gasteiger partial charge in [0.1, 0.15) is 7.85 Å². The Balaban J connectivity index is 2.59. The number of fused-ring (bicyclic) bond motifs is 1. The van der Waals surface area contributed by atoms with E-state index >= 15 is 0 Å². The second-order valence-corrected chi connectivity index (χ2v) is 2.40. The Hall–Kier alpha value is -0.985. The molecule has 0 aromatic carbocycles. The molecule has 1 N–H and O–H groups in total. The fraction of sp³-hybridized carbons (Fsp3) is 0.286. The van der Waals surface area contributed by atoms with Crippen LogP contribution in [-0.2, 0) is 6.42 Å². The fourth-order valence-electron chi connectivity index (χ4n) is 1.22. The first-order chi connectivity index (χ1) is 4.88. The van der Waals surface area contributed by atoms with Gasteiger partial charge in [0.15, 0.2) is 0 Å². The van der Waals surface area contributed by atoms with E-state index < -0.39 is 0 Å². The molecule has 2 nitrogen and oxygen atoms in total. The van der Waals surface area contributed by atoms with E-state index in [9.17, 15) is 0 Å². The lowest BCUT2D eigenvalue weighted by Crippen LogP contribution is -2.09. The molecule has 2 radical (unpaired) electrons. The minimum absolute atomic E-state index is 0.808. The molecule has 0 aliphatic carbocycles. The number of hydrogen-bond acceptors (Lipinski definition) is 2. The summed E-state index contributed by atoms with van der Waals surface area (Å²) >= 11 is 0. The van der Waals surface area contributed by atoms with Gasteiger partial charge in [0.25, 0.3) is 0 Å². The summed E-state index contributed by atoms with van der Waals surface area (Å²) in [6, 6.07) is 1.82. The van der Waals surface area contributed by atoms with Crippen LogP contribution >= 0.6 is 0 Å². The predicted octanol–water partition coefficient (Wildman–Crippen LogP) is -0.157. The average molecular weight is 130 g/mol. The molecule has 1 aromatic heterocycles. The van der Waals surface area contributed by atoms with Crippen molar-refractivity contribution in [3.63, 3.8) is 0 Å². The van der Waals surface area contributed by atoms with Gasteiger partial charge in [0, 0.05) is 24.8 Å². The molecule has 0 saturated heterocycles. The van der Waals surface area contributed by atoms with Gasteiger partial charge in [-0.05, 0) is 6.07 Å². The standard InChI is InChI=1S/C7H7BN2/c8-5-1-3-9-6-2-4-10-7(5)6/h1,3,10H,2,4H2. The maximum atomic E-state index is 5.67. The molecule has 1 aromatic rings. The van der Waals surface area contributed by atoms with Crippen molar-refractivity contribution >= 4 is 19.0 Å². The van der Waals surface area contributed by atoms with Crippen LogP contribution in [0.3, 0.4) is 0 Å². The summed E-state index contributed by atoms with van der Waals surface area (Å²) < 4.78 is 0. The lowest BCUT2D eigenvalue weighted by molar-refractivity contribution is 1.04. The van der Waals surface area contributed by atoms with E-state index in [-0.39, 0.29) is 0 Å². The maximum absolute atomic E-state index is 5.67. The molecule has 0 saturated carbocycles. The summed E-state index contributed by atoms with van der Waals surface area (Å²) in [5.74, 6) is 0. The Labute approximate surface area is 61.1 Å². The molecule has 0 fully saturated rings. The Morgan fingerprint density at radius 2 is 2.50 bits per heavy atom. The molecule has 3 heteroatoms. The number of hydrogen-bond donors (Lipinski definition) is 1. The third-order valence-electron chi connectivity index (χ3n) is 1.73. The first-order valence-corrected chi connectivity index (χ1v) is 3.35. The van der Waals surface area contributed by atoms with Gasteiger partial charge in [0.2, 0.25) is 0 Å². The average Bonchev–Trinajstić information content (AvgIpc) is 2.36. The molecule has 10 heavy (non-hydrogen) atoms. The van der Waals surface area contributed by atoms with Gasteiger partial charge in [-0.2, -0.15) is 0 Å². The lowest BCUT2D eigenvalue weighted by atomic mass is 9.95. The Bertz CT molecular complexity index is 260. The fourth-order valence-corrected chi connectivity index (χ4v) is 1.22. The number of aromatic nitrogens is 1. The zero-order chi connectivity index (χ0) is 6.97. The number of nitrogens with zero attached hydrogens (tertiary/aromatic N) is 1. The minimum Gasteiger partial charge on any atom is -0.384 e. The van der Waals surface area contributed by atoms with Gasteiger partial charge in [-0.1, -0.05) is 5.46 Å². The quantitative estimate of drug-likeness (QED) is 0.493. The van der Waals surface area contributed by atoms with Crippen molar-refractivity contribution in [2.75, 3.05) is 11.9 Å². The SMILES string of the molecule is [B]c1ccnc2c1NCC2. The first-order valence-electron chi connectivity index (χ1n) is 3.35. The van der Waals surface area contributed by atoms with Gasteiger partial charge in [-0.15, -0.1) is 0 Å². The second-order valence-electron chi connectivity index (χ2n) is 2.40. The summed E-state index contributed by atoms with van der Waals surface area (Å²) in [5, 5.41) is 3.18. The highest BCUT2D eigenvalue weighted by molar-refractivity contribution is 6.36. The number of rotatable bonds is 0. The van der Waals surface area contributed by atoms with Crippen molar-refractivity contribution in [2.24, 2.45) is 0 Å². The lowest BCUT2D eigenvalue weighted by Gasteiger charge is -2.01. The molecule has 0 bridgehead atoms. The molecule has 48 valence electrons. The molecule has 1 aliphatic heterocycles. The summed E-state index contributed by atoms with van der Waals surface area (Å²) in [7, 11) is 5.67. The summed E-state index contributed by atoms with van der Waals surface area (Å²) in [6.45, 7) is 0.969. The van der Waals surface area contributed by atoms with Crippen LogP contribution in [0.2, 0.25) is 0 Å². The van der Waals surface area contributed by atoms with Crippen LogP contribution in [0.1, 0.15) is 5.69 Å². The second kappa shape index (κ2) is 2.01. The van der Waals surface area contributed by atoms with Gasteiger partial charge < -0.3 is 5.32 Å². The summed E-state index contributed by atoms with van der Waals surface area (Å²) in [4.78, 5) is 4.18. The highest BCUT2D eigenvalue weighted by Crippen LogP contribution is 2.14. The van der Waals surface area contributed by atoms with E-state index in [2.05, 4.69) is 10.3 Å². The highest BCUT2D eigenvalue weighted by atomic mass is 14.9. The van der Waals surface area contributed by atoms with Crippen LogP contribution in [0.5, 0.6) is 0 Å². The molecular formula is C7H7BN2. The minimum atomic E-state index is 0.808. The Morgan fingerprint density at radius 3 is 3.30 bits per heavy atom. The van der Waals surface area contributed by atoms with Crippen LogP contribution in [0.4, 0.5) is 5.69 Å². The Kier molecular flexibility index (Phi) is 1.16. The van der Waals surface area contributed by atoms with E-state index in [4.69, 9.17) is 7.85 Å². The monoisotopic (exact) mass is 130 g/mol. The number of pyridine rings is 1. The molecule has 2 rings (SSSR count). The van der Waals surface area contributed by atoms with Gasteiger partial charge >= 0.3 is 0 Å². The van der Waals surface area contributed by atoms with E-state index in [0.717, 1.165) is 29.8 Å². The number of anilines is 1. The van der Waals surface area contributed by atoms with Crippen molar-refractivity contribution < 1.29 is 0 Å². The largest absolute Gasteiger partial charge is 0.384 e. The highest BCUT2D eigenvalue weighted by Gasteiger charge is 2.11. The van der Waals surface area contributed by atoms with Crippen LogP contribution in [0.15, 0.2) is 12.3 Å². The van der Waals surface area contributed by atoms with E-state index in [1.807, 2.05) is 6.07 Å². The topological polar surface area (TPSA) is 24.9 Å². The summed E-state index contributed by atoms with van der Waals surface area (Å²) in [5.41, 5.74) is 2.94. The van der Waals surface area contributed by atoms with E-state index in [1.165, 1.54) is 0 Å². The normalized spacial score (nSPS) is 14.4. The Morgan fingerprint density at radius 1 is 1.60 bits per heavy atom. The smallest absolute Gasteiger partial charge is 0.116 e. The number of nitrogens with one attached hydrogen (secondary N) is 1. The third-order valence-corrected chi connectivity index (χ3v) is 1.73. The van der Waals surface area contributed by atoms with Crippen LogP contribution in [0, 0.1) is 0 Å². The maximum Gasteiger partial charge on any atom is 0.116 e. The van der Waals surface area contributed by atoms with Crippen LogP contribution in [0.25, 0.3) is 0 Å². The van der Waals surface area contributed by atoms with E-state index in [0.29, 0.717) is 0 Å². The van der Waals surface area contributed by atoms with Crippen LogP contribution in [-0.4, -0.2) is 19.4 Å². The van der Waals surface area contributed by atoms with Crippen LogP contribution < -0.4 is 10.8 Å². The van der Waals surface area contributed by atoms with Crippen molar-refractivity contribution in [1.82, 2.24) is 4.98 Å². The van der Waals surface area contributed by atoms with Crippen molar-refractivity contribution in [2.45, 2.75) is 6.42 Å². The van der Waals surface area contributed by atoms with E-state index in [1.54, 1.807) is 6.20 Å². The van der Waals surface area contributed by atoms with Gasteiger partial charge in [-0.3, -0.25) is 4.98 Å². The molecular weight excluding hydrogens is 123 g/mol. The molecule has 0 spiro atoms. The third kappa shape index (κ3) is 0.702. The molecule has 1 aliphatic rings. The zero-order valence-electron chi connectivity index (χ0n) is 5.59.